The van der Waals surface area contributed by atoms with Gasteiger partial charge in [-0.15, -0.1) is 0 Å². The maximum absolute atomic E-state index is 13.5. The van der Waals surface area contributed by atoms with E-state index in [0.717, 1.165) is 56.6 Å². The van der Waals surface area contributed by atoms with E-state index in [1.807, 2.05) is 6.07 Å². The third-order valence-corrected chi connectivity index (χ3v) is 7.64. The first-order valence-corrected chi connectivity index (χ1v) is 13.0. The van der Waals surface area contributed by atoms with Gasteiger partial charge in [-0.25, -0.2) is 8.78 Å². The van der Waals surface area contributed by atoms with E-state index < -0.39 is 11.6 Å². The molecule has 2 fully saturated rings. The average Bonchev–Trinajstić information content (AvgIpc) is 3.52. The average molecular weight is 513 g/mol. The van der Waals surface area contributed by atoms with Crippen molar-refractivity contribution in [3.63, 3.8) is 0 Å². The summed E-state index contributed by atoms with van der Waals surface area (Å²) in [4.78, 5) is 32.8. The molecule has 198 valence electrons. The molecule has 10 heteroatoms. The number of nitrogens with one attached hydrogen (secondary N) is 3. The highest BCUT2D eigenvalue weighted by molar-refractivity contribution is 5.98. The van der Waals surface area contributed by atoms with Crippen LogP contribution in [0.3, 0.4) is 0 Å². The molecule has 2 amide bonds. The van der Waals surface area contributed by atoms with Crippen LogP contribution in [0.5, 0.6) is 0 Å². The quantitative estimate of drug-likeness (QED) is 0.493. The number of halogens is 2. The van der Waals surface area contributed by atoms with Gasteiger partial charge in [0.2, 0.25) is 0 Å². The molecule has 0 atom stereocenters. The van der Waals surface area contributed by atoms with Gasteiger partial charge in [-0.2, -0.15) is 5.10 Å². The van der Waals surface area contributed by atoms with Gasteiger partial charge in [0.1, 0.15) is 11.4 Å². The number of carbonyl (C=O) groups excluding carboxylic acids is 2. The fourth-order valence-electron chi connectivity index (χ4n) is 5.34. The molecule has 2 aromatic heterocycles. The number of benzene rings is 1. The van der Waals surface area contributed by atoms with Gasteiger partial charge in [0.05, 0.1) is 0 Å². The normalized spacial score (nSPS) is 18.5. The summed E-state index contributed by atoms with van der Waals surface area (Å²) in [6.45, 7) is 9.29. The fourth-order valence-corrected chi connectivity index (χ4v) is 5.34. The van der Waals surface area contributed by atoms with E-state index in [4.69, 9.17) is 0 Å². The van der Waals surface area contributed by atoms with Gasteiger partial charge >= 0.3 is 0 Å². The molecule has 0 saturated carbocycles. The number of rotatable bonds is 4. The fraction of sp³-hybridized carbons (Fsp3) is 0.519. The number of hydrogen-bond acceptors (Lipinski definition) is 4. The molecule has 3 N–H and O–H groups in total. The van der Waals surface area contributed by atoms with Gasteiger partial charge in [0, 0.05) is 66.3 Å². The van der Waals surface area contributed by atoms with Crippen LogP contribution in [-0.4, -0.2) is 75.1 Å². The summed E-state index contributed by atoms with van der Waals surface area (Å²) in [5, 5.41) is 10.8. The van der Waals surface area contributed by atoms with E-state index in [0.29, 0.717) is 41.4 Å². The van der Waals surface area contributed by atoms with E-state index in [1.165, 1.54) is 0 Å². The number of piperidine rings is 2. The summed E-state index contributed by atoms with van der Waals surface area (Å²) in [5.74, 6) is -2.15. The van der Waals surface area contributed by atoms with Gasteiger partial charge in [0.15, 0.2) is 11.6 Å². The Bertz CT molecular complexity index is 1250. The molecule has 8 nitrogen and oxygen atoms in total. The van der Waals surface area contributed by atoms with Crippen LogP contribution in [0.15, 0.2) is 24.3 Å². The Balaban J connectivity index is 1.09. The standard InChI is InChI=1S/C27H34F2N6O2/c1-27(2,3)24-15-22(32-33-24)25(36)30-17-4-8-34(9-5-17)18-6-10-35(11-7-18)26(37)23-13-16-12-19(28)20(29)14-21(16)31-23/h12-15,17-18,31H,4-11H2,1-3H3,(H,30,36)(H,32,33). The van der Waals surface area contributed by atoms with Gasteiger partial charge in [-0.3, -0.25) is 14.7 Å². The number of likely N-dealkylation sites (tertiary alicyclic amines) is 2. The van der Waals surface area contributed by atoms with Crippen molar-refractivity contribution < 1.29 is 18.4 Å². The molecule has 0 radical (unpaired) electrons. The van der Waals surface area contributed by atoms with Gasteiger partial charge in [0.25, 0.3) is 11.8 Å². The van der Waals surface area contributed by atoms with Crippen molar-refractivity contribution in [2.75, 3.05) is 26.2 Å². The van der Waals surface area contributed by atoms with Gasteiger partial charge < -0.3 is 20.1 Å². The lowest BCUT2D eigenvalue weighted by atomic mass is 9.92. The third kappa shape index (κ3) is 5.39. The first kappa shape index (κ1) is 25.4. The second-order valence-corrected chi connectivity index (χ2v) is 11.3. The van der Waals surface area contributed by atoms with E-state index in [-0.39, 0.29) is 23.3 Å². The minimum atomic E-state index is -0.937. The molecule has 0 spiro atoms. The first-order valence-electron chi connectivity index (χ1n) is 13.0. The zero-order valence-electron chi connectivity index (χ0n) is 21.5. The second-order valence-electron chi connectivity index (χ2n) is 11.3. The lowest BCUT2D eigenvalue weighted by Gasteiger charge is -2.41. The van der Waals surface area contributed by atoms with E-state index in [2.05, 4.69) is 46.2 Å². The lowest BCUT2D eigenvalue weighted by molar-refractivity contribution is 0.0562. The number of aromatic nitrogens is 3. The number of carbonyl (C=O) groups is 2. The minimum Gasteiger partial charge on any atom is -0.350 e. The summed E-state index contributed by atoms with van der Waals surface area (Å²) < 4.78 is 27.0. The second kappa shape index (κ2) is 9.89. The van der Waals surface area contributed by atoms with Gasteiger partial charge in [-0.05, 0) is 43.9 Å². The van der Waals surface area contributed by atoms with Crippen molar-refractivity contribution in [1.82, 2.24) is 30.3 Å². The smallest absolute Gasteiger partial charge is 0.271 e. The van der Waals surface area contributed by atoms with Crippen LogP contribution in [0.2, 0.25) is 0 Å². The number of nitrogens with zero attached hydrogens (tertiary/aromatic N) is 3. The van der Waals surface area contributed by atoms with Crippen molar-refractivity contribution in [2.45, 2.75) is 64.0 Å². The van der Waals surface area contributed by atoms with Crippen LogP contribution < -0.4 is 5.32 Å². The van der Waals surface area contributed by atoms with Crippen LogP contribution in [0.1, 0.15) is 73.1 Å². The molecule has 1 aromatic carbocycles. The van der Waals surface area contributed by atoms with E-state index >= 15 is 0 Å². The molecule has 0 bridgehead atoms. The molecule has 5 rings (SSSR count). The zero-order chi connectivity index (χ0) is 26.3. The number of amides is 2. The van der Waals surface area contributed by atoms with Crippen molar-refractivity contribution in [3.05, 3.63) is 53.0 Å². The Morgan fingerprint density at radius 2 is 1.65 bits per heavy atom. The highest BCUT2D eigenvalue weighted by Crippen LogP contribution is 2.25. The molecular weight excluding hydrogens is 478 g/mol. The number of fused-ring (bicyclic) bond motifs is 1. The Morgan fingerprint density at radius 3 is 2.30 bits per heavy atom. The summed E-state index contributed by atoms with van der Waals surface area (Å²) >= 11 is 0. The van der Waals surface area contributed by atoms with Crippen molar-refractivity contribution >= 4 is 22.7 Å². The Labute approximate surface area is 214 Å². The van der Waals surface area contributed by atoms with Gasteiger partial charge in [-0.1, -0.05) is 20.8 Å². The Kier molecular flexibility index (Phi) is 6.78. The summed E-state index contributed by atoms with van der Waals surface area (Å²) in [7, 11) is 0. The zero-order valence-corrected chi connectivity index (χ0v) is 21.5. The lowest BCUT2D eigenvalue weighted by Crippen LogP contribution is -2.51. The van der Waals surface area contributed by atoms with Crippen molar-refractivity contribution in [2.24, 2.45) is 0 Å². The number of aromatic amines is 2. The molecular formula is C27H34F2N6O2. The van der Waals surface area contributed by atoms with Crippen LogP contribution in [0.4, 0.5) is 8.78 Å². The first-order chi connectivity index (χ1) is 17.6. The molecule has 4 heterocycles. The molecule has 3 aromatic rings. The molecule has 2 aliphatic rings. The van der Waals surface area contributed by atoms with Crippen molar-refractivity contribution in [1.29, 1.82) is 0 Å². The summed E-state index contributed by atoms with van der Waals surface area (Å²) in [6, 6.07) is 6.11. The van der Waals surface area contributed by atoms with Crippen LogP contribution in [0, 0.1) is 11.6 Å². The summed E-state index contributed by atoms with van der Waals surface area (Å²) in [6.07, 6.45) is 3.50. The highest BCUT2D eigenvalue weighted by atomic mass is 19.2. The SMILES string of the molecule is CC(C)(C)c1cc(C(=O)NC2CCN(C3CCN(C(=O)c4cc5cc(F)c(F)cc5[nH]4)CC3)CC2)n[nH]1. The number of H-pyrrole nitrogens is 2. The third-order valence-electron chi connectivity index (χ3n) is 7.64. The summed E-state index contributed by atoms with van der Waals surface area (Å²) in [5.41, 5.74) is 2.03. The highest BCUT2D eigenvalue weighted by Gasteiger charge is 2.31. The Hall–Kier alpha value is -3.27. The van der Waals surface area contributed by atoms with E-state index in [9.17, 15) is 18.4 Å². The molecule has 0 aliphatic carbocycles. The monoisotopic (exact) mass is 512 g/mol. The largest absolute Gasteiger partial charge is 0.350 e. The molecule has 37 heavy (non-hydrogen) atoms. The molecule has 0 unspecified atom stereocenters. The molecule has 2 aliphatic heterocycles. The van der Waals surface area contributed by atoms with E-state index in [1.54, 1.807) is 11.0 Å². The molecule has 2 saturated heterocycles. The van der Waals surface area contributed by atoms with Crippen LogP contribution >= 0.6 is 0 Å². The van der Waals surface area contributed by atoms with Crippen molar-refractivity contribution in [3.8, 4) is 0 Å². The van der Waals surface area contributed by atoms with Crippen LogP contribution in [0.25, 0.3) is 10.9 Å². The predicted octanol–water partition coefficient (Wildman–Crippen LogP) is 3.97. The minimum absolute atomic E-state index is 0.0918. The predicted molar refractivity (Wildman–Crippen MR) is 136 cm³/mol. The Morgan fingerprint density at radius 1 is 0.973 bits per heavy atom. The topological polar surface area (TPSA) is 97.1 Å². The van der Waals surface area contributed by atoms with Crippen LogP contribution in [-0.2, 0) is 5.41 Å². The number of hydrogen-bond donors (Lipinski definition) is 3. The maximum Gasteiger partial charge on any atom is 0.271 e. The maximum atomic E-state index is 13.5.